The second-order valence-electron chi connectivity index (χ2n) is 9.98. The zero-order valence-electron chi connectivity index (χ0n) is 18.1. The number of benzene rings is 1. The van der Waals surface area contributed by atoms with Crippen LogP contribution in [-0.2, 0) is 11.0 Å². The second-order valence-corrected chi connectivity index (χ2v) is 9.98. The summed E-state index contributed by atoms with van der Waals surface area (Å²) in [6.45, 7) is 3.33. The van der Waals surface area contributed by atoms with Crippen molar-refractivity contribution in [2.45, 2.75) is 63.8 Å². The molecule has 0 spiro atoms. The van der Waals surface area contributed by atoms with Gasteiger partial charge in [-0.2, -0.15) is 23.4 Å². The van der Waals surface area contributed by atoms with Crippen molar-refractivity contribution in [2.75, 3.05) is 0 Å². The third kappa shape index (κ3) is 4.03. The molecule has 3 N–H and O–H groups in total. The Kier molecular flexibility index (Phi) is 5.38. The summed E-state index contributed by atoms with van der Waals surface area (Å²) >= 11 is 0. The van der Waals surface area contributed by atoms with E-state index in [4.69, 9.17) is 10.5 Å². The highest BCUT2D eigenvalue weighted by atomic mass is 19.4. The number of nitrogens with zero attached hydrogens (tertiary/aromatic N) is 2. The maximum Gasteiger partial charge on any atom is 0.416 e. The Hall–Kier alpha value is -2.76. The summed E-state index contributed by atoms with van der Waals surface area (Å²) in [4.78, 5) is 16.1. The third-order valence-corrected chi connectivity index (χ3v) is 7.37. The molecule has 1 aromatic carbocycles. The van der Waals surface area contributed by atoms with Crippen molar-refractivity contribution in [2.24, 2.45) is 33.9 Å². The Morgan fingerprint density at radius 3 is 2.47 bits per heavy atom. The Bertz CT molecular complexity index is 966. The molecule has 1 aromatic rings. The fourth-order valence-electron chi connectivity index (χ4n) is 6.19. The van der Waals surface area contributed by atoms with Gasteiger partial charge in [0.05, 0.1) is 5.56 Å². The molecule has 0 heterocycles. The van der Waals surface area contributed by atoms with Gasteiger partial charge in [-0.1, -0.05) is 6.07 Å². The van der Waals surface area contributed by atoms with Crippen molar-refractivity contribution in [3.05, 3.63) is 29.8 Å². The maximum absolute atomic E-state index is 13.1. The van der Waals surface area contributed by atoms with E-state index in [1.54, 1.807) is 20.0 Å². The van der Waals surface area contributed by atoms with E-state index in [0.29, 0.717) is 18.8 Å². The highest BCUT2D eigenvalue weighted by Crippen LogP contribution is 2.60. The highest BCUT2D eigenvalue weighted by Gasteiger charge is 2.58. The number of hydrogen-bond acceptors (Lipinski definition) is 4. The summed E-state index contributed by atoms with van der Waals surface area (Å²) in [5.41, 5.74) is 3.34. The quantitative estimate of drug-likeness (QED) is 0.404. The molecule has 5 rings (SSSR count). The lowest BCUT2D eigenvalue weighted by Crippen LogP contribution is -2.64. The molecule has 4 aliphatic rings. The minimum absolute atomic E-state index is 0.00973. The molecule has 32 heavy (non-hydrogen) atoms. The zero-order chi connectivity index (χ0) is 23.3. The highest BCUT2D eigenvalue weighted by molar-refractivity contribution is 5.91. The lowest BCUT2D eigenvalue weighted by molar-refractivity contribution is -0.145. The topological polar surface area (TPSA) is 100 Å². The van der Waals surface area contributed by atoms with Crippen LogP contribution in [0.15, 0.2) is 29.3 Å². The van der Waals surface area contributed by atoms with Gasteiger partial charge in [-0.15, -0.1) is 0 Å². The van der Waals surface area contributed by atoms with Crippen molar-refractivity contribution < 1.29 is 22.7 Å². The minimum Gasteiger partial charge on any atom is -0.480 e. The van der Waals surface area contributed by atoms with E-state index in [1.807, 2.05) is 0 Å². The normalized spacial score (nSPS) is 31.8. The first-order valence-electron chi connectivity index (χ1n) is 10.8. The van der Waals surface area contributed by atoms with Crippen molar-refractivity contribution in [1.82, 2.24) is 5.32 Å². The van der Waals surface area contributed by atoms with E-state index in [9.17, 15) is 23.2 Å². The SMILES string of the molecule is CC(C)(Oc1cccc(C(F)(F)F)c1)/C(=N\C#N)NC1C2CC3CC1CC(C(N)=O)(C3)C2. The fourth-order valence-corrected chi connectivity index (χ4v) is 6.19. The van der Waals surface area contributed by atoms with E-state index in [-0.39, 0.29) is 35.4 Å². The summed E-state index contributed by atoms with van der Waals surface area (Å²) in [7, 11) is 0. The predicted octanol–water partition coefficient (Wildman–Crippen LogP) is 4.01. The van der Waals surface area contributed by atoms with Crippen LogP contribution < -0.4 is 15.8 Å². The van der Waals surface area contributed by atoms with Crippen molar-refractivity contribution in [3.8, 4) is 11.9 Å². The van der Waals surface area contributed by atoms with Gasteiger partial charge in [0.2, 0.25) is 12.1 Å². The number of hydrogen-bond donors (Lipinski definition) is 2. The van der Waals surface area contributed by atoms with Crippen LogP contribution in [0.1, 0.15) is 51.5 Å². The summed E-state index contributed by atoms with van der Waals surface area (Å²) in [6.07, 6.45) is 1.54. The summed E-state index contributed by atoms with van der Waals surface area (Å²) in [5, 5.41) is 12.7. The largest absolute Gasteiger partial charge is 0.480 e. The number of nitrogens with one attached hydrogen (secondary N) is 1. The lowest BCUT2D eigenvalue weighted by Gasteiger charge is -2.59. The van der Waals surface area contributed by atoms with Gasteiger partial charge in [0, 0.05) is 11.5 Å². The Morgan fingerprint density at radius 1 is 1.25 bits per heavy atom. The standard InChI is InChI=1S/C23H27F3N4O2/c1-21(2,32-17-5-3-4-16(8-17)23(24,25)26)20(29-12-27)30-18-14-6-13-7-15(18)11-22(9-13,10-14)19(28)31/h3-5,8,13-15,18H,6-7,9-11H2,1-2H3,(H2,28,31)(H,29,30). The number of amides is 1. The van der Waals surface area contributed by atoms with Crippen LogP contribution in [0.5, 0.6) is 5.75 Å². The molecule has 2 unspecified atom stereocenters. The third-order valence-electron chi connectivity index (χ3n) is 7.37. The number of nitrogens with two attached hydrogens (primary N) is 1. The van der Waals surface area contributed by atoms with E-state index in [2.05, 4.69) is 10.3 Å². The number of aliphatic imine (C=N–C) groups is 1. The number of carbonyl (C=O) groups excluding carboxylic acids is 1. The van der Waals surface area contributed by atoms with Gasteiger partial charge in [-0.25, -0.2) is 0 Å². The monoisotopic (exact) mass is 448 g/mol. The number of amidine groups is 1. The number of alkyl halides is 3. The molecule has 1 amide bonds. The minimum atomic E-state index is -4.48. The molecular formula is C23H27F3N4O2. The van der Waals surface area contributed by atoms with Crippen LogP contribution in [0.3, 0.4) is 0 Å². The molecule has 0 saturated heterocycles. The Labute approximate surface area is 185 Å². The first kappa shape index (κ1) is 22.4. The summed E-state index contributed by atoms with van der Waals surface area (Å²) in [6, 6.07) is 4.65. The molecular weight excluding hydrogens is 421 g/mol. The van der Waals surface area contributed by atoms with Crippen LogP contribution in [0, 0.1) is 34.6 Å². The molecule has 4 fully saturated rings. The molecule has 0 radical (unpaired) electrons. The first-order valence-corrected chi connectivity index (χ1v) is 10.8. The molecule has 2 atom stereocenters. The number of halogens is 3. The molecule has 0 aromatic heterocycles. The van der Waals surface area contributed by atoms with Gasteiger partial charge in [0.1, 0.15) is 5.75 Å². The van der Waals surface area contributed by atoms with Crippen LogP contribution in [-0.4, -0.2) is 23.4 Å². The van der Waals surface area contributed by atoms with Gasteiger partial charge < -0.3 is 15.8 Å². The molecule has 4 bridgehead atoms. The molecule has 6 nitrogen and oxygen atoms in total. The van der Waals surface area contributed by atoms with E-state index < -0.39 is 22.8 Å². The number of primary amides is 1. The number of carbonyl (C=O) groups is 1. The van der Waals surface area contributed by atoms with Crippen molar-refractivity contribution in [1.29, 1.82) is 5.26 Å². The average Bonchev–Trinajstić information content (AvgIpc) is 2.68. The summed E-state index contributed by atoms with van der Waals surface area (Å²) < 4.78 is 45.1. The molecule has 0 aliphatic heterocycles. The zero-order valence-corrected chi connectivity index (χ0v) is 18.1. The lowest BCUT2D eigenvalue weighted by atomic mass is 9.47. The van der Waals surface area contributed by atoms with Gasteiger partial charge in [-0.3, -0.25) is 4.79 Å². The second kappa shape index (κ2) is 7.68. The maximum atomic E-state index is 13.1. The van der Waals surface area contributed by atoms with Crippen molar-refractivity contribution >= 4 is 11.7 Å². The number of nitriles is 1. The van der Waals surface area contributed by atoms with Gasteiger partial charge in [0.25, 0.3) is 0 Å². The molecule has 9 heteroatoms. The van der Waals surface area contributed by atoms with Crippen molar-refractivity contribution in [3.63, 3.8) is 0 Å². The average molecular weight is 448 g/mol. The Balaban J connectivity index is 1.54. The smallest absolute Gasteiger partial charge is 0.416 e. The van der Waals surface area contributed by atoms with Gasteiger partial charge in [0.15, 0.2) is 11.4 Å². The van der Waals surface area contributed by atoms with E-state index in [0.717, 1.165) is 31.4 Å². The van der Waals surface area contributed by atoms with E-state index >= 15 is 0 Å². The predicted molar refractivity (Wildman–Crippen MR) is 111 cm³/mol. The van der Waals surface area contributed by atoms with Crippen LogP contribution in [0.2, 0.25) is 0 Å². The van der Waals surface area contributed by atoms with Gasteiger partial charge >= 0.3 is 6.18 Å². The first-order chi connectivity index (χ1) is 14.9. The van der Waals surface area contributed by atoms with E-state index in [1.165, 1.54) is 12.1 Å². The molecule has 172 valence electrons. The fraction of sp³-hybridized carbons (Fsp3) is 0.609. The molecule has 4 aliphatic carbocycles. The number of rotatable bonds is 5. The Morgan fingerprint density at radius 2 is 1.91 bits per heavy atom. The van der Waals surface area contributed by atoms with Crippen LogP contribution in [0.4, 0.5) is 13.2 Å². The number of ether oxygens (including phenoxy) is 1. The molecule has 4 saturated carbocycles. The van der Waals surface area contributed by atoms with Crippen LogP contribution in [0.25, 0.3) is 0 Å². The van der Waals surface area contributed by atoms with Gasteiger partial charge in [-0.05, 0) is 81.9 Å². The summed E-state index contributed by atoms with van der Waals surface area (Å²) in [5.74, 6) is 1.00. The van der Waals surface area contributed by atoms with Crippen LogP contribution >= 0.6 is 0 Å².